The number of carboxylic acid groups (broad SMARTS) is 2. The number of anilines is 2. The number of hydrogen-bond acceptors (Lipinski definition) is 7. The maximum atomic E-state index is 12.8. The SMILES string of the molecule is FC(F)(F)c1ccc(-c2nc3c([nH]2)-c2ccncc2Nc2ncccc2-3)cn1.O=C(O)C(F)(F)F.O=C(O)C(F)(F)F. The summed E-state index contributed by atoms with van der Waals surface area (Å²) < 4.78 is 102. The van der Waals surface area contributed by atoms with Gasteiger partial charge in [-0.15, -0.1) is 0 Å². The van der Waals surface area contributed by atoms with Crippen LogP contribution in [0, 0.1) is 0 Å². The van der Waals surface area contributed by atoms with Crippen molar-refractivity contribution in [2.24, 2.45) is 0 Å². The van der Waals surface area contributed by atoms with Gasteiger partial charge in [0.15, 0.2) is 0 Å². The Hall–Kier alpha value is -5.23. The number of alkyl halides is 9. The summed E-state index contributed by atoms with van der Waals surface area (Å²) in [6.45, 7) is 0. The molecule has 4 aromatic heterocycles. The zero-order chi connectivity index (χ0) is 31.5. The highest BCUT2D eigenvalue weighted by atomic mass is 19.4. The normalized spacial score (nSPS) is 12.0. The molecule has 0 spiro atoms. The molecule has 0 saturated carbocycles. The number of nitrogens with one attached hydrogen (secondary N) is 2. The Kier molecular flexibility index (Phi) is 8.73. The first kappa shape index (κ1) is 31.3. The Morgan fingerprint density at radius 3 is 1.90 bits per heavy atom. The zero-order valence-electron chi connectivity index (χ0n) is 20.1. The first-order chi connectivity index (χ1) is 19.4. The second-order valence-electron chi connectivity index (χ2n) is 7.79. The second-order valence-corrected chi connectivity index (χ2v) is 7.79. The fourth-order valence-electron chi connectivity index (χ4n) is 3.14. The Morgan fingerprint density at radius 2 is 1.38 bits per heavy atom. The molecule has 4 aromatic rings. The summed E-state index contributed by atoms with van der Waals surface area (Å²) in [5.41, 5.74) is 3.25. The lowest BCUT2D eigenvalue weighted by Crippen LogP contribution is -2.21. The fourth-order valence-corrected chi connectivity index (χ4v) is 3.14. The van der Waals surface area contributed by atoms with Crippen LogP contribution < -0.4 is 5.32 Å². The summed E-state index contributed by atoms with van der Waals surface area (Å²) in [5.74, 6) is -4.47. The standard InChI is InChI=1S/C19H11F3N6.2C2HF3O2/c20-19(21,22)14-4-3-10(8-25-14)17-27-15-11-5-7-23-9-13(11)26-18-12(16(15)28-17)2-1-6-24-18;2*3-2(4,5)1(6)7/h1-9H,(H,24,26)(H,27,28);2*(H,6,7). The van der Waals surface area contributed by atoms with Crippen molar-refractivity contribution in [2.75, 3.05) is 5.32 Å². The average Bonchev–Trinajstić information content (AvgIpc) is 3.28. The van der Waals surface area contributed by atoms with Crippen LogP contribution in [0.1, 0.15) is 5.69 Å². The highest BCUT2D eigenvalue weighted by Crippen LogP contribution is 2.42. The van der Waals surface area contributed by atoms with Crippen LogP contribution in [0.4, 0.5) is 51.0 Å². The Morgan fingerprint density at radius 1 is 0.762 bits per heavy atom. The Bertz CT molecular complexity index is 1500. The van der Waals surface area contributed by atoms with Gasteiger partial charge in [0.2, 0.25) is 0 Å². The van der Waals surface area contributed by atoms with E-state index in [1.54, 1.807) is 24.7 Å². The number of fused-ring (bicyclic) bond motifs is 5. The Labute approximate surface area is 226 Å². The summed E-state index contributed by atoms with van der Waals surface area (Å²) in [7, 11) is 0. The van der Waals surface area contributed by atoms with E-state index in [2.05, 4.69) is 30.2 Å². The zero-order valence-corrected chi connectivity index (χ0v) is 20.1. The molecule has 4 N–H and O–H groups in total. The van der Waals surface area contributed by atoms with Crippen LogP contribution in [-0.2, 0) is 15.8 Å². The van der Waals surface area contributed by atoms with Gasteiger partial charge in [0.1, 0.15) is 23.0 Å². The first-order valence-electron chi connectivity index (χ1n) is 10.8. The van der Waals surface area contributed by atoms with E-state index in [0.29, 0.717) is 22.9 Å². The highest BCUT2D eigenvalue weighted by molar-refractivity contribution is 5.95. The maximum absolute atomic E-state index is 12.8. The van der Waals surface area contributed by atoms with Crippen LogP contribution >= 0.6 is 0 Å². The molecule has 0 aromatic carbocycles. The van der Waals surface area contributed by atoms with Gasteiger partial charge in [0.05, 0.1) is 17.6 Å². The van der Waals surface area contributed by atoms with E-state index in [1.807, 2.05) is 12.1 Å². The van der Waals surface area contributed by atoms with E-state index in [-0.39, 0.29) is 0 Å². The van der Waals surface area contributed by atoms with Gasteiger partial charge in [-0.05, 0) is 30.3 Å². The molecule has 222 valence electrons. The number of aromatic nitrogens is 5. The molecule has 19 heteroatoms. The highest BCUT2D eigenvalue weighted by Gasteiger charge is 2.39. The number of nitrogens with zero attached hydrogens (tertiary/aromatic N) is 4. The van der Waals surface area contributed by atoms with Crippen molar-refractivity contribution >= 4 is 23.4 Å². The number of pyridine rings is 3. The summed E-state index contributed by atoms with van der Waals surface area (Å²) in [6, 6.07) is 7.80. The molecule has 0 unspecified atom stereocenters. The van der Waals surface area contributed by atoms with Gasteiger partial charge in [-0.1, -0.05) is 0 Å². The van der Waals surface area contributed by atoms with Crippen LogP contribution in [0.25, 0.3) is 33.9 Å². The molecule has 0 radical (unpaired) electrons. The van der Waals surface area contributed by atoms with Gasteiger partial charge in [0.25, 0.3) is 0 Å². The number of rotatable bonds is 1. The molecule has 0 fully saturated rings. The molecule has 1 aliphatic rings. The van der Waals surface area contributed by atoms with E-state index in [4.69, 9.17) is 19.8 Å². The molecule has 0 amide bonds. The number of carboxylic acids is 2. The largest absolute Gasteiger partial charge is 0.490 e. The van der Waals surface area contributed by atoms with Crippen LogP contribution in [0.3, 0.4) is 0 Å². The van der Waals surface area contributed by atoms with Crippen molar-refractivity contribution in [2.45, 2.75) is 18.5 Å². The molecule has 0 saturated heterocycles. The quantitative estimate of drug-likeness (QED) is 0.169. The minimum Gasteiger partial charge on any atom is -0.475 e. The lowest BCUT2D eigenvalue weighted by atomic mass is 10.1. The number of imidazole rings is 1. The molecule has 1 aliphatic heterocycles. The van der Waals surface area contributed by atoms with Gasteiger partial charge < -0.3 is 20.5 Å². The van der Waals surface area contributed by atoms with Gasteiger partial charge in [-0.2, -0.15) is 39.5 Å². The average molecular weight is 608 g/mol. The van der Waals surface area contributed by atoms with Crippen molar-refractivity contribution in [1.82, 2.24) is 24.9 Å². The van der Waals surface area contributed by atoms with Crippen molar-refractivity contribution in [3.63, 3.8) is 0 Å². The molecule has 5 heterocycles. The van der Waals surface area contributed by atoms with Crippen LogP contribution in [0.15, 0.2) is 55.1 Å². The predicted molar refractivity (Wildman–Crippen MR) is 124 cm³/mol. The second kappa shape index (κ2) is 11.7. The van der Waals surface area contributed by atoms with Crippen molar-refractivity contribution in [3.8, 4) is 33.9 Å². The molecule has 42 heavy (non-hydrogen) atoms. The lowest BCUT2D eigenvalue weighted by Gasteiger charge is -2.08. The minimum atomic E-state index is -5.08. The number of aliphatic carboxylic acids is 2. The smallest absolute Gasteiger partial charge is 0.475 e. The molecular weight excluding hydrogens is 595 g/mol. The van der Waals surface area contributed by atoms with Gasteiger partial charge in [-0.25, -0.2) is 19.6 Å². The van der Waals surface area contributed by atoms with E-state index in [0.717, 1.165) is 34.8 Å². The summed E-state index contributed by atoms with van der Waals surface area (Å²) in [6.07, 6.45) is -8.48. The van der Waals surface area contributed by atoms with Crippen molar-refractivity contribution in [3.05, 3.63) is 60.8 Å². The van der Waals surface area contributed by atoms with Crippen LogP contribution in [0.2, 0.25) is 0 Å². The lowest BCUT2D eigenvalue weighted by molar-refractivity contribution is -0.193. The third kappa shape index (κ3) is 7.49. The minimum absolute atomic E-state index is 0.422. The molecule has 5 rings (SSSR count). The summed E-state index contributed by atoms with van der Waals surface area (Å²) in [4.78, 5) is 37.7. The van der Waals surface area contributed by atoms with Crippen LogP contribution in [-0.4, -0.2) is 59.4 Å². The molecule has 0 bridgehead atoms. The molecule has 0 aliphatic carbocycles. The fraction of sp³-hybridized carbons (Fsp3) is 0.130. The number of halogens is 9. The van der Waals surface area contributed by atoms with E-state index < -0.39 is 36.2 Å². The van der Waals surface area contributed by atoms with Crippen LogP contribution in [0.5, 0.6) is 0 Å². The molecule has 10 nitrogen and oxygen atoms in total. The Balaban J connectivity index is 0.000000289. The van der Waals surface area contributed by atoms with Crippen molar-refractivity contribution < 1.29 is 59.3 Å². The third-order valence-corrected chi connectivity index (χ3v) is 4.92. The predicted octanol–water partition coefficient (Wildman–Crippen LogP) is 5.94. The van der Waals surface area contributed by atoms with E-state index >= 15 is 0 Å². The van der Waals surface area contributed by atoms with Crippen molar-refractivity contribution in [1.29, 1.82) is 0 Å². The molecule has 0 atom stereocenters. The monoisotopic (exact) mass is 608 g/mol. The summed E-state index contributed by atoms with van der Waals surface area (Å²) >= 11 is 0. The number of carbonyl (C=O) groups is 2. The number of hydrogen-bond donors (Lipinski definition) is 4. The first-order valence-corrected chi connectivity index (χ1v) is 10.8. The maximum Gasteiger partial charge on any atom is 0.490 e. The number of aromatic amines is 1. The summed E-state index contributed by atoms with van der Waals surface area (Å²) in [5, 5.41) is 17.5. The van der Waals surface area contributed by atoms with Gasteiger partial charge in [-0.3, -0.25) is 9.97 Å². The van der Waals surface area contributed by atoms with E-state index in [1.165, 1.54) is 6.07 Å². The topological polar surface area (TPSA) is 154 Å². The van der Waals surface area contributed by atoms with E-state index in [9.17, 15) is 39.5 Å². The third-order valence-electron chi connectivity index (χ3n) is 4.92. The van der Waals surface area contributed by atoms with Gasteiger partial charge >= 0.3 is 30.5 Å². The molecular formula is C23H13F9N6O4. The number of H-pyrrole nitrogens is 1. The van der Waals surface area contributed by atoms with Gasteiger partial charge in [0, 0.05) is 35.3 Å².